The summed E-state index contributed by atoms with van der Waals surface area (Å²) >= 11 is 1.60. The maximum absolute atomic E-state index is 12.6. The zero-order valence-corrected chi connectivity index (χ0v) is 18.5. The average Bonchev–Trinajstić information content (AvgIpc) is 3.38. The van der Waals surface area contributed by atoms with E-state index < -0.39 is 0 Å². The lowest BCUT2D eigenvalue weighted by molar-refractivity contribution is -0.140. The molecule has 3 aliphatic rings. The van der Waals surface area contributed by atoms with E-state index >= 15 is 0 Å². The maximum Gasteiger partial charge on any atom is 0.233 e. The molecular weight excluding hydrogens is 477 g/mol. The second-order valence-electron chi connectivity index (χ2n) is 7.06. The van der Waals surface area contributed by atoms with Gasteiger partial charge in [0, 0.05) is 31.2 Å². The molecule has 2 fully saturated rings. The van der Waals surface area contributed by atoms with Crippen molar-refractivity contribution in [3.05, 3.63) is 28.2 Å². The minimum absolute atomic E-state index is 0. The van der Waals surface area contributed by atoms with E-state index in [0.29, 0.717) is 25.6 Å². The van der Waals surface area contributed by atoms with Gasteiger partial charge in [0.05, 0.1) is 18.4 Å². The van der Waals surface area contributed by atoms with E-state index in [1.807, 2.05) is 12.3 Å². The summed E-state index contributed by atoms with van der Waals surface area (Å²) in [4.78, 5) is 35.3. The number of fused-ring (bicyclic) bond motifs is 5. The standard InChI is InChI=1S/C18H23N5O2S.HI/c1-10-9-26-13(22-10)8-21-18(19-2)20-5-6-23-16(24)14-11-3-4-12(7-11)15(14)17(23)25;/h3-4,9,11-12,14-15H,5-8H2,1-2H3,(H2,19,20,21);1H. The SMILES string of the molecule is CN=C(NCCN1C(=O)C2C3C=CC(C3)C2C1=O)NCc1nc(C)cs1.I. The van der Waals surface area contributed by atoms with Gasteiger partial charge in [0.2, 0.25) is 11.8 Å². The second-order valence-corrected chi connectivity index (χ2v) is 8.01. The van der Waals surface area contributed by atoms with Gasteiger partial charge in [-0.05, 0) is 25.2 Å². The molecule has 2 amide bonds. The fourth-order valence-electron chi connectivity index (χ4n) is 4.33. The Morgan fingerprint density at radius 3 is 2.48 bits per heavy atom. The van der Waals surface area contributed by atoms with Crippen LogP contribution in [-0.4, -0.2) is 47.8 Å². The summed E-state index contributed by atoms with van der Waals surface area (Å²) < 4.78 is 0. The summed E-state index contributed by atoms with van der Waals surface area (Å²) in [6, 6.07) is 0. The van der Waals surface area contributed by atoms with Gasteiger partial charge in [0.1, 0.15) is 5.01 Å². The van der Waals surface area contributed by atoms with E-state index in [2.05, 4.69) is 32.8 Å². The Bertz CT molecular complexity index is 762. The highest BCUT2D eigenvalue weighted by atomic mass is 127. The molecule has 9 heteroatoms. The zero-order chi connectivity index (χ0) is 18.3. The number of likely N-dealkylation sites (tertiary alicyclic amines) is 1. The van der Waals surface area contributed by atoms with E-state index in [9.17, 15) is 9.59 Å². The van der Waals surface area contributed by atoms with Crippen LogP contribution in [0.25, 0.3) is 0 Å². The van der Waals surface area contributed by atoms with E-state index in [0.717, 1.165) is 17.1 Å². The number of thiazole rings is 1. The van der Waals surface area contributed by atoms with Gasteiger partial charge in [-0.1, -0.05) is 12.2 Å². The van der Waals surface area contributed by atoms with Crippen molar-refractivity contribution in [1.82, 2.24) is 20.5 Å². The highest BCUT2D eigenvalue weighted by molar-refractivity contribution is 14.0. The van der Waals surface area contributed by atoms with Crippen LogP contribution in [0.5, 0.6) is 0 Å². The number of aliphatic imine (C=N–C) groups is 1. The number of nitrogens with zero attached hydrogens (tertiary/aromatic N) is 3. The Labute approximate surface area is 179 Å². The number of carbonyl (C=O) groups excluding carboxylic acids is 2. The fourth-order valence-corrected chi connectivity index (χ4v) is 5.05. The van der Waals surface area contributed by atoms with Crippen molar-refractivity contribution in [2.75, 3.05) is 20.1 Å². The topological polar surface area (TPSA) is 86.7 Å². The number of nitrogens with one attached hydrogen (secondary N) is 2. The molecule has 2 aliphatic carbocycles. The summed E-state index contributed by atoms with van der Waals surface area (Å²) in [6.45, 7) is 3.42. The number of aryl methyl sites for hydroxylation is 1. The van der Waals surface area contributed by atoms with Crippen molar-refractivity contribution in [2.24, 2.45) is 28.7 Å². The van der Waals surface area contributed by atoms with Gasteiger partial charge >= 0.3 is 0 Å². The molecule has 7 nitrogen and oxygen atoms in total. The molecule has 1 aromatic rings. The van der Waals surface area contributed by atoms with E-state index in [1.165, 1.54) is 4.90 Å². The molecule has 2 bridgehead atoms. The minimum atomic E-state index is -0.122. The number of aromatic nitrogens is 1. The molecule has 27 heavy (non-hydrogen) atoms. The molecule has 1 saturated carbocycles. The number of hydrogen-bond acceptors (Lipinski definition) is 5. The predicted molar refractivity (Wildman–Crippen MR) is 115 cm³/mol. The van der Waals surface area contributed by atoms with Crippen LogP contribution in [-0.2, 0) is 16.1 Å². The number of imide groups is 1. The quantitative estimate of drug-likeness (QED) is 0.210. The Morgan fingerprint density at radius 1 is 1.26 bits per heavy atom. The largest absolute Gasteiger partial charge is 0.355 e. The van der Waals surface area contributed by atoms with E-state index in [4.69, 9.17) is 0 Å². The number of amides is 2. The first-order valence-electron chi connectivity index (χ1n) is 8.97. The van der Waals surface area contributed by atoms with Crippen LogP contribution in [0.15, 0.2) is 22.5 Å². The molecule has 1 saturated heterocycles. The second kappa shape index (κ2) is 8.26. The number of halogens is 1. The van der Waals surface area contributed by atoms with Crippen LogP contribution in [0.1, 0.15) is 17.1 Å². The van der Waals surface area contributed by atoms with Gasteiger partial charge in [-0.2, -0.15) is 0 Å². The molecule has 2 N–H and O–H groups in total. The highest BCUT2D eigenvalue weighted by Crippen LogP contribution is 2.52. The van der Waals surface area contributed by atoms with Crippen LogP contribution in [0.4, 0.5) is 0 Å². The third-order valence-electron chi connectivity index (χ3n) is 5.49. The highest BCUT2D eigenvalue weighted by Gasteiger charge is 2.58. The first-order valence-corrected chi connectivity index (χ1v) is 9.85. The Morgan fingerprint density at radius 2 is 1.93 bits per heavy atom. The van der Waals surface area contributed by atoms with Crippen LogP contribution in [0.2, 0.25) is 0 Å². The van der Waals surface area contributed by atoms with Crippen LogP contribution < -0.4 is 10.6 Å². The molecule has 0 radical (unpaired) electrons. The summed E-state index contributed by atoms with van der Waals surface area (Å²) in [5.41, 5.74) is 1.01. The molecule has 1 aromatic heterocycles. The predicted octanol–water partition coefficient (Wildman–Crippen LogP) is 1.54. The van der Waals surface area contributed by atoms with Crippen molar-refractivity contribution >= 4 is 53.1 Å². The lowest BCUT2D eigenvalue weighted by Crippen LogP contribution is -2.43. The maximum atomic E-state index is 12.6. The number of carbonyl (C=O) groups is 2. The summed E-state index contributed by atoms with van der Waals surface area (Å²) in [5.74, 6) is 0.913. The molecule has 0 spiro atoms. The first kappa shape index (κ1) is 20.2. The first-order chi connectivity index (χ1) is 12.6. The smallest absolute Gasteiger partial charge is 0.233 e. The molecule has 4 unspecified atom stereocenters. The van der Waals surface area contributed by atoms with Gasteiger partial charge in [0.25, 0.3) is 0 Å². The van der Waals surface area contributed by atoms with Gasteiger partial charge in [-0.25, -0.2) is 4.98 Å². The molecule has 4 atom stereocenters. The van der Waals surface area contributed by atoms with Crippen molar-refractivity contribution < 1.29 is 9.59 Å². The Hall–Kier alpha value is -1.49. The van der Waals surface area contributed by atoms with E-state index in [1.54, 1.807) is 18.4 Å². The lowest BCUT2D eigenvalue weighted by atomic mass is 9.85. The van der Waals surface area contributed by atoms with Gasteiger partial charge in [0.15, 0.2) is 5.96 Å². The summed E-state index contributed by atoms with van der Waals surface area (Å²) in [7, 11) is 1.70. The number of rotatable bonds is 5. The molecule has 1 aliphatic heterocycles. The van der Waals surface area contributed by atoms with Gasteiger partial charge in [-0.15, -0.1) is 35.3 Å². The third kappa shape index (κ3) is 3.75. The number of allylic oxidation sites excluding steroid dienone is 2. The Balaban J connectivity index is 0.00000210. The van der Waals surface area contributed by atoms with Gasteiger partial charge < -0.3 is 10.6 Å². The van der Waals surface area contributed by atoms with Crippen molar-refractivity contribution in [3.63, 3.8) is 0 Å². The third-order valence-corrected chi connectivity index (χ3v) is 6.45. The van der Waals surface area contributed by atoms with Crippen LogP contribution in [0, 0.1) is 30.6 Å². The Kier molecular flexibility index (Phi) is 6.19. The number of guanidine groups is 1. The zero-order valence-electron chi connectivity index (χ0n) is 15.3. The molecule has 4 rings (SSSR count). The molecule has 146 valence electrons. The average molecular weight is 501 g/mol. The van der Waals surface area contributed by atoms with Crippen LogP contribution in [0.3, 0.4) is 0 Å². The van der Waals surface area contributed by atoms with Crippen molar-refractivity contribution in [3.8, 4) is 0 Å². The minimum Gasteiger partial charge on any atom is -0.355 e. The van der Waals surface area contributed by atoms with Gasteiger partial charge in [-0.3, -0.25) is 19.5 Å². The molecule has 2 heterocycles. The molecular formula is C18H24IN5O2S. The normalized spacial score (nSPS) is 28.5. The summed E-state index contributed by atoms with van der Waals surface area (Å²) in [5, 5.41) is 9.37. The summed E-state index contributed by atoms with van der Waals surface area (Å²) in [6.07, 6.45) is 5.20. The lowest BCUT2D eigenvalue weighted by Gasteiger charge is -2.18. The molecule has 0 aromatic carbocycles. The van der Waals surface area contributed by atoms with Crippen molar-refractivity contribution in [2.45, 2.75) is 19.9 Å². The van der Waals surface area contributed by atoms with Crippen molar-refractivity contribution in [1.29, 1.82) is 0 Å². The fraction of sp³-hybridized carbons (Fsp3) is 0.556. The number of hydrogen-bond donors (Lipinski definition) is 2. The van der Waals surface area contributed by atoms with E-state index in [-0.39, 0.29) is 59.5 Å². The monoisotopic (exact) mass is 501 g/mol. The van der Waals surface area contributed by atoms with Crippen LogP contribution >= 0.6 is 35.3 Å².